The van der Waals surface area contributed by atoms with Crippen LogP contribution in [-0.2, 0) is 0 Å². The molecule has 1 aromatic rings. The van der Waals surface area contributed by atoms with Crippen LogP contribution in [0.1, 0.15) is 5.56 Å². The number of nitrogen functional groups attached to an aromatic ring is 1. The van der Waals surface area contributed by atoms with Crippen LogP contribution in [0.5, 0.6) is 5.75 Å². The van der Waals surface area contributed by atoms with E-state index in [1.165, 1.54) is 0 Å². The molecule has 66 valence electrons. The van der Waals surface area contributed by atoms with Gasteiger partial charge in [-0.15, -0.1) is 0 Å². The van der Waals surface area contributed by atoms with Crippen LogP contribution in [0.3, 0.4) is 0 Å². The van der Waals surface area contributed by atoms with Crippen molar-refractivity contribution in [3.05, 3.63) is 19.7 Å². The minimum atomic E-state index is 0.743. The van der Waals surface area contributed by atoms with Gasteiger partial charge in [-0.05, 0) is 51.5 Å². The SMILES string of the molecule is COc1c(I)cc(Br)c(N)c1C. The summed E-state index contributed by atoms with van der Waals surface area (Å²) in [6.45, 7) is 1.95. The molecular weight excluding hydrogens is 333 g/mol. The number of ether oxygens (including phenoxy) is 1. The molecule has 0 amide bonds. The van der Waals surface area contributed by atoms with Crippen LogP contribution < -0.4 is 10.5 Å². The third kappa shape index (κ3) is 1.69. The van der Waals surface area contributed by atoms with E-state index in [0.29, 0.717) is 0 Å². The summed E-state index contributed by atoms with van der Waals surface area (Å²) in [6, 6.07) is 1.95. The molecule has 12 heavy (non-hydrogen) atoms. The molecule has 0 aliphatic carbocycles. The zero-order valence-corrected chi connectivity index (χ0v) is 10.6. The van der Waals surface area contributed by atoms with Gasteiger partial charge in [0.25, 0.3) is 0 Å². The van der Waals surface area contributed by atoms with Crippen LogP contribution >= 0.6 is 38.5 Å². The molecule has 0 saturated carbocycles. The maximum absolute atomic E-state index is 5.80. The molecule has 1 rings (SSSR count). The van der Waals surface area contributed by atoms with Crippen LogP contribution in [0.25, 0.3) is 0 Å². The van der Waals surface area contributed by atoms with Crippen molar-refractivity contribution in [2.45, 2.75) is 6.92 Å². The van der Waals surface area contributed by atoms with Gasteiger partial charge in [-0.2, -0.15) is 0 Å². The van der Waals surface area contributed by atoms with E-state index in [2.05, 4.69) is 38.5 Å². The molecule has 0 bridgehead atoms. The Morgan fingerprint density at radius 1 is 1.58 bits per heavy atom. The number of hydrogen-bond donors (Lipinski definition) is 1. The molecule has 2 N–H and O–H groups in total. The number of anilines is 1. The molecule has 0 aliphatic heterocycles. The highest BCUT2D eigenvalue weighted by atomic mass is 127. The van der Waals surface area contributed by atoms with E-state index in [0.717, 1.165) is 25.0 Å². The van der Waals surface area contributed by atoms with Gasteiger partial charge in [0, 0.05) is 10.0 Å². The molecule has 0 aromatic heterocycles. The van der Waals surface area contributed by atoms with Crippen LogP contribution in [0, 0.1) is 10.5 Å². The number of methoxy groups -OCH3 is 1. The molecule has 0 unspecified atom stereocenters. The highest BCUT2D eigenvalue weighted by Crippen LogP contribution is 2.34. The summed E-state index contributed by atoms with van der Waals surface area (Å²) in [6.07, 6.45) is 0. The second kappa shape index (κ2) is 3.83. The summed E-state index contributed by atoms with van der Waals surface area (Å²) in [5.41, 5.74) is 7.52. The smallest absolute Gasteiger partial charge is 0.137 e. The molecule has 4 heteroatoms. The summed E-state index contributed by atoms with van der Waals surface area (Å²) < 4.78 is 7.19. The Balaban J connectivity index is 3.40. The topological polar surface area (TPSA) is 35.2 Å². The molecule has 0 heterocycles. The van der Waals surface area contributed by atoms with Crippen molar-refractivity contribution in [1.82, 2.24) is 0 Å². The first-order valence-corrected chi connectivity index (χ1v) is 5.23. The Bertz CT molecular complexity index is 314. The van der Waals surface area contributed by atoms with Crippen molar-refractivity contribution in [3.63, 3.8) is 0 Å². The van der Waals surface area contributed by atoms with Crippen LogP contribution in [0.4, 0.5) is 5.69 Å². The molecule has 0 spiro atoms. The molecule has 1 aromatic carbocycles. The highest BCUT2D eigenvalue weighted by Gasteiger charge is 2.09. The summed E-state index contributed by atoms with van der Waals surface area (Å²) in [5.74, 6) is 0.858. The van der Waals surface area contributed by atoms with E-state index < -0.39 is 0 Å². The monoisotopic (exact) mass is 341 g/mol. The van der Waals surface area contributed by atoms with Gasteiger partial charge in [0.15, 0.2) is 0 Å². The van der Waals surface area contributed by atoms with Crippen molar-refractivity contribution in [2.24, 2.45) is 0 Å². The van der Waals surface area contributed by atoms with Crippen LogP contribution in [-0.4, -0.2) is 7.11 Å². The predicted octanol–water partition coefficient (Wildman–Crippen LogP) is 2.95. The van der Waals surface area contributed by atoms with Gasteiger partial charge in [-0.1, -0.05) is 0 Å². The Kier molecular flexibility index (Phi) is 3.22. The largest absolute Gasteiger partial charge is 0.495 e. The average molecular weight is 342 g/mol. The van der Waals surface area contributed by atoms with Crippen molar-refractivity contribution in [2.75, 3.05) is 12.8 Å². The fourth-order valence-electron chi connectivity index (χ4n) is 0.986. The van der Waals surface area contributed by atoms with E-state index in [-0.39, 0.29) is 0 Å². The van der Waals surface area contributed by atoms with Gasteiger partial charge in [0.1, 0.15) is 5.75 Å². The van der Waals surface area contributed by atoms with E-state index in [9.17, 15) is 0 Å². The van der Waals surface area contributed by atoms with E-state index in [1.807, 2.05) is 13.0 Å². The first-order chi connectivity index (χ1) is 5.57. The Hall–Kier alpha value is 0.0300. The lowest BCUT2D eigenvalue weighted by atomic mass is 10.2. The lowest BCUT2D eigenvalue weighted by Crippen LogP contribution is -1.97. The number of rotatable bonds is 1. The van der Waals surface area contributed by atoms with E-state index in [1.54, 1.807) is 7.11 Å². The second-order valence-corrected chi connectivity index (χ2v) is 4.43. The van der Waals surface area contributed by atoms with Crippen molar-refractivity contribution < 1.29 is 4.74 Å². The fourth-order valence-corrected chi connectivity index (χ4v) is 2.88. The maximum atomic E-state index is 5.80. The fraction of sp³-hybridized carbons (Fsp3) is 0.250. The number of hydrogen-bond acceptors (Lipinski definition) is 2. The molecule has 0 aliphatic rings. The van der Waals surface area contributed by atoms with Gasteiger partial charge in [0.05, 0.1) is 16.4 Å². The normalized spacial score (nSPS) is 10.0. The zero-order chi connectivity index (χ0) is 9.30. The van der Waals surface area contributed by atoms with Crippen molar-refractivity contribution >= 4 is 44.2 Å². The average Bonchev–Trinajstić information content (AvgIpc) is 2.01. The number of benzene rings is 1. The van der Waals surface area contributed by atoms with Crippen molar-refractivity contribution in [3.8, 4) is 5.75 Å². The second-order valence-electron chi connectivity index (χ2n) is 2.41. The number of nitrogens with two attached hydrogens (primary N) is 1. The molecule has 0 radical (unpaired) electrons. The summed E-state index contributed by atoms with van der Waals surface area (Å²) in [7, 11) is 1.65. The third-order valence-corrected chi connectivity index (χ3v) is 3.13. The van der Waals surface area contributed by atoms with Gasteiger partial charge in [-0.25, -0.2) is 0 Å². The minimum absolute atomic E-state index is 0.743. The Labute approximate surface area is 93.7 Å². The van der Waals surface area contributed by atoms with E-state index in [4.69, 9.17) is 10.5 Å². The van der Waals surface area contributed by atoms with Crippen molar-refractivity contribution in [1.29, 1.82) is 0 Å². The molecule has 0 saturated heterocycles. The first-order valence-electron chi connectivity index (χ1n) is 3.36. The minimum Gasteiger partial charge on any atom is -0.495 e. The zero-order valence-electron chi connectivity index (χ0n) is 6.82. The Morgan fingerprint density at radius 3 is 2.67 bits per heavy atom. The Morgan fingerprint density at radius 2 is 2.17 bits per heavy atom. The third-order valence-electron chi connectivity index (χ3n) is 1.68. The maximum Gasteiger partial charge on any atom is 0.137 e. The van der Waals surface area contributed by atoms with Gasteiger partial charge in [-0.3, -0.25) is 0 Å². The summed E-state index contributed by atoms with van der Waals surface area (Å²) >= 11 is 5.59. The van der Waals surface area contributed by atoms with Gasteiger partial charge >= 0.3 is 0 Å². The predicted molar refractivity (Wildman–Crippen MR) is 62.6 cm³/mol. The van der Waals surface area contributed by atoms with Crippen LogP contribution in [0.15, 0.2) is 10.5 Å². The quantitative estimate of drug-likeness (QED) is 0.629. The van der Waals surface area contributed by atoms with E-state index >= 15 is 0 Å². The molecule has 2 nitrogen and oxygen atoms in total. The van der Waals surface area contributed by atoms with Gasteiger partial charge < -0.3 is 10.5 Å². The lowest BCUT2D eigenvalue weighted by molar-refractivity contribution is 0.409. The van der Waals surface area contributed by atoms with Gasteiger partial charge in [0.2, 0.25) is 0 Å². The number of halogens is 2. The first kappa shape index (κ1) is 10.1. The van der Waals surface area contributed by atoms with Crippen LogP contribution in [0.2, 0.25) is 0 Å². The standard InChI is InChI=1S/C8H9BrINO/c1-4-7(11)5(9)3-6(10)8(4)12-2/h3H,11H2,1-2H3. The summed E-state index contributed by atoms with van der Waals surface area (Å²) in [4.78, 5) is 0. The summed E-state index contributed by atoms with van der Waals surface area (Å²) in [5, 5.41) is 0. The highest BCUT2D eigenvalue weighted by molar-refractivity contribution is 14.1. The lowest BCUT2D eigenvalue weighted by Gasteiger charge is -2.10. The molecule has 0 atom stereocenters. The molecule has 0 fully saturated rings. The molecular formula is C8H9BrINO.